The fraction of sp³-hybridized carbons (Fsp3) is 0.364. The smallest absolute Gasteiger partial charge is 0.270 e. The lowest BCUT2D eigenvalue weighted by Crippen LogP contribution is -2.47. The number of nitrogens with two attached hydrogens (primary N) is 1. The molecule has 1 rings (SSSR count). The highest BCUT2D eigenvalue weighted by molar-refractivity contribution is 7.89. The largest absolute Gasteiger partial charge is 0.368 e. The highest BCUT2D eigenvalue weighted by Crippen LogP contribution is 2.26. The molecule has 1 atom stereocenters. The second-order valence-corrected chi connectivity index (χ2v) is 6.71. The number of primary amides is 1. The van der Waals surface area contributed by atoms with Crippen molar-refractivity contribution in [3.05, 3.63) is 33.3 Å². The minimum Gasteiger partial charge on any atom is -0.368 e. The Hall–Kier alpha value is -1.71. The van der Waals surface area contributed by atoms with Crippen LogP contribution in [0.3, 0.4) is 0 Å². The minimum absolute atomic E-state index is 0.194. The standard InChI is InChI=1S/C11H14ClN3O5S/c1-6(2)10(11(13)16)14-21(19,20)9-5-7(15(17)18)3-4-8(9)12/h3-6,10,14H,1-2H3,(H2,13,16). The van der Waals surface area contributed by atoms with Crippen molar-refractivity contribution in [3.63, 3.8) is 0 Å². The van der Waals surface area contributed by atoms with Crippen LogP contribution in [0.1, 0.15) is 13.8 Å². The molecule has 1 aromatic rings. The Morgan fingerprint density at radius 3 is 2.43 bits per heavy atom. The number of carbonyl (C=O) groups is 1. The summed E-state index contributed by atoms with van der Waals surface area (Å²) in [6.07, 6.45) is 0. The molecule has 0 bridgehead atoms. The average Bonchev–Trinajstić information content (AvgIpc) is 2.35. The van der Waals surface area contributed by atoms with E-state index in [1.165, 1.54) is 0 Å². The maximum absolute atomic E-state index is 12.2. The zero-order chi connectivity index (χ0) is 16.4. The summed E-state index contributed by atoms with van der Waals surface area (Å²) in [5.41, 5.74) is 4.70. The first kappa shape index (κ1) is 17.3. The van der Waals surface area contributed by atoms with E-state index in [0.717, 1.165) is 18.2 Å². The third-order valence-electron chi connectivity index (χ3n) is 2.67. The number of nitro groups is 1. The van der Waals surface area contributed by atoms with Gasteiger partial charge < -0.3 is 5.73 Å². The molecule has 0 saturated heterocycles. The summed E-state index contributed by atoms with van der Waals surface area (Å²) in [7, 11) is -4.22. The van der Waals surface area contributed by atoms with E-state index in [9.17, 15) is 23.3 Å². The van der Waals surface area contributed by atoms with Crippen molar-refractivity contribution in [1.82, 2.24) is 4.72 Å². The molecule has 8 nitrogen and oxygen atoms in total. The molecule has 0 radical (unpaired) electrons. The molecular weight excluding hydrogens is 322 g/mol. The van der Waals surface area contributed by atoms with Gasteiger partial charge in [-0.25, -0.2) is 8.42 Å². The molecule has 1 amide bonds. The first-order chi connectivity index (χ1) is 9.56. The predicted molar refractivity (Wildman–Crippen MR) is 76.2 cm³/mol. The van der Waals surface area contributed by atoms with Gasteiger partial charge in [-0.15, -0.1) is 0 Å². The summed E-state index contributed by atoms with van der Waals surface area (Å²) in [6, 6.07) is 1.85. The van der Waals surface area contributed by atoms with Crippen LogP contribution in [0.5, 0.6) is 0 Å². The van der Waals surface area contributed by atoms with E-state index in [0.29, 0.717) is 0 Å². The number of hydrogen-bond donors (Lipinski definition) is 2. The van der Waals surface area contributed by atoms with E-state index >= 15 is 0 Å². The van der Waals surface area contributed by atoms with E-state index in [-0.39, 0.29) is 5.02 Å². The molecule has 116 valence electrons. The third kappa shape index (κ3) is 4.13. The number of non-ortho nitro benzene ring substituents is 1. The van der Waals surface area contributed by atoms with Crippen LogP contribution in [-0.2, 0) is 14.8 Å². The van der Waals surface area contributed by atoms with Gasteiger partial charge in [0.1, 0.15) is 10.9 Å². The Morgan fingerprint density at radius 1 is 1.43 bits per heavy atom. The second kappa shape index (κ2) is 6.37. The van der Waals surface area contributed by atoms with Crippen molar-refractivity contribution >= 4 is 33.2 Å². The number of benzene rings is 1. The van der Waals surface area contributed by atoms with Crippen LogP contribution in [0.2, 0.25) is 5.02 Å². The Morgan fingerprint density at radius 2 is 2.00 bits per heavy atom. The van der Waals surface area contributed by atoms with Crippen molar-refractivity contribution in [2.75, 3.05) is 0 Å². The van der Waals surface area contributed by atoms with E-state index < -0.39 is 43.4 Å². The maximum Gasteiger partial charge on any atom is 0.270 e. The van der Waals surface area contributed by atoms with Crippen LogP contribution < -0.4 is 10.5 Å². The normalized spacial score (nSPS) is 13.1. The summed E-state index contributed by atoms with van der Waals surface area (Å²) in [5, 5.41) is 10.5. The SMILES string of the molecule is CC(C)C(NS(=O)(=O)c1cc([N+](=O)[O-])ccc1Cl)C(N)=O. The molecule has 21 heavy (non-hydrogen) atoms. The summed E-state index contributed by atoms with van der Waals surface area (Å²) in [6.45, 7) is 3.21. The van der Waals surface area contributed by atoms with Gasteiger partial charge in [0.2, 0.25) is 15.9 Å². The summed E-state index contributed by atoms with van der Waals surface area (Å²) < 4.78 is 26.5. The van der Waals surface area contributed by atoms with E-state index in [2.05, 4.69) is 4.72 Å². The number of carbonyl (C=O) groups excluding carboxylic acids is 1. The van der Waals surface area contributed by atoms with Crippen LogP contribution in [0, 0.1) is 16.0 Å². The van der Waals surface area contributed by atoms with Crippen molar-refractivity contribution in [2.24, 2.45) is 11.7 Å². The van der Waals surface area contributed by atoms with Crippen LogP contribution in [0.4, 0.5) is 5.69 Å². The van der Waals surface area contributed by atoms with Crippen molar-refractivity contribution < 1.29 is 18.1 Å². The number of halogens is 1. The Balaban J connectivity index is 3.27. The number of nitrogens with zero attached hydrogens (tertiary/aromatic N) is 1. The molecule has 0 saturated carbocycles. The predicted octanol–water partition coefficient (Wildman–Crippen LogP) is 1.04. The van der Waals surface area contributed by atoms with Gasteiger partial charge in [0.15, 0.2) is 0 Å². The third-order valence-corrected chi connectivity index (χ3v) is 4.59. The zero-order valence-electron chi connectivity index (χ0n) is 11.2. The monoisotopic (exact) mass is 335 g/mol. The van der Waals surface area contributed by atoms with E-state index in [4.69, 9.17) is 17.3 Å². The molecule has 0 heterocycles. The summed E-state index contributed by atoms with van der Waals surface area (Å²) in [4.78, 5) is 20.7. The lowest BCUT2D eigenvalue weighted by molar-refractivity contribution is -0.385. The first-order valence-corrected chi connectivity index (χ1v) is 7.68. The van der Waals surface area contributed by atoms with Gasteiger partial charge in [0, 0.05) is 12.1 Å². The Kier molecular flexibility index (Phi) is 5.26. The molecule has 0 aliphatic heterocycles. The van der Waals surface area contributed by atoms with E-state index in [1.54, 1.807) is 13.8 Å². The van der Waals surface area contributed by atoms with E-state index in [1.807, 2.05) is 0 Å². The van der Waals surface area contributed by atoms with Gasteiger partial charge in [-0.05, 0) is 12.0 Å². The maximum atomic E-state index is 12.2. The van der Waals surface area contributed by atoms with Gasteiger partial charge in [-0.1, -0.05) is 25.4 Å². The lowest BCUT2D eigenvalue weighted by atomic mass is 10.1. The highest BCUT2D eigenvalue weighted by atomic mass is 35.5. The van der Waals surface area contributed by atoms with Gasteiger partial charge in [0.25, 0.3) is 5.69 Å². The van der Waals surface area contributed by atoms with Gasteiger partial charge >= 0.3 is 0 Å². The van der Waals surface area contributed by atoms with Crippen molar-refractivity contribution in [3.8, 4) is 0 Å². The first-order valence-electron chi connectivity index (χ1n) is 5.82. The van der Waals surface area contributed by atoms with Crippen molar-refractivity contribution in [2.45, 2.75) is 24.8 Å². The number of nitrogens with one attached hydrogen (secondary N) is 1. The highest BCUT2D eigenvalue weighted by Gasteiger charge is 2.29. The fourth-order valence-corrected chi connectivity index (χ4v) is 3.44. The molecule has 1 aromatic carbocycles. The molecular formula is C11H14ClN3O5S. The molecule has 1 unspecified atom stereocenters. The van der Waals surface area contributed by atoms with Gasteiger partial charge in [0.05, 0.1) is 9.95 Å². The van der Waals surface area contributed by atoms with Crippen LogP contribution in [-0.4, -0.2) is 25.3 Å². The Labute approximate surface area is 126 Å². The Bertz CT molecular complexity index is 674. The number of nitro benzene ring substituents is 1. The quantitative estimate of drug-likeness (QED) is 0.592. The fourth-order valence-electron chi connectivity index (χ4n) is 1.56. The summed E-state index contributed by atoms with van der Waals surface area (Å²) in [5.74, 6) is -1.25. The second-order valence-electron chi connectivity index (χ2n) is 4.62. The number of amides is 1. The van der Waals surface area contributed by atoms with Crippen LogP contribution in [0.25, 0.3) is 0 Å². The lowest BCUT2D eigenvalue weighted by Gasteiger charge is -2.19. The molecule has 0 aromatic heterocycles. The number of hydrogen-bond acceptors (Lipinski definition) is 5. The van der Waals surface area contributed by atoms with Gasteiger partial charge in [-0.2, -0.15) is 4.72 Å². The number of sulfonamides is 1. The van der Waals surface area contributed by atoms with Gasteiger partial charge in [-0.3, -0.25) is 14.9 Å². The molecule has 10 heteroatoms. The van der Waals surface area contributed by atoms with Crippen molar-refractivity contribution in [1.29, 1.82) is 0 Å². The summed E-state index contributed by atoms with van der Waals surface area (Å²) >= 11 is 5.77. The number of rotatable bonds is 6. The van der Waals surface area contributed by atoms with Crippen LogP contribution in [0.15, 0.2) is 23.1 Å². The molecule has 3 N–H and O–H groups in total. The molecule has 0 aliphatic rings. The molecule has 0 aliphatic carbocycles. The molecule has 0 spiro atoms. The average molecular weight is 336 g/mol. The topological polar surface area (TPSA) is 132 Å². The van der Waals surface area contributed by atoms with Crippen LogP contribution >= 0.6 is 11.6 Å². The minimum atomic E-state index is -4.22. The zero-order valence-corrected chi connectivity index (χ0v) is 12.8. The molecule has 0 fully saturated rings.